The van der Waals surface area contributed by atoms with Crippen LogP contribution in [-0.4, -0.2) is 50.3 Å². The van der Waals surface area contributed by atoms with Gasteiger partial charge in [-0.1, -0.05) is 36.3 Å². The number of hydrogen-bond donors (Lipinski definition) is 0. The van der Waals surface area contributed by atoms with Crippen molar-refractivity contribution < 1.29 is 28.3 Å². The molecule has 1 aromatic rings. The van der Waals surface area contributed by atoms with E-state index in [0.717, 1.165) is 24.2 Å². The Labute approximate surface area is 185 Å². The first kappa shape index (κ1) is 22.6. The fourth-order valence-corrected chi connectivity index (χ4v) is 3.89. The summed E-state index contributed by atoms with van der Waals surface area (Å²) in [7, 11) is 1.28. The van der Waals surface area contributed by atoms with Crippen molar-refractivity contribution in [1.82, 2.24) is 0 Å². The topological polar surface area (TPSA) is 55.4 Å². The van der Waals surface area contributed by atoms with Gasteiger partial charge in [-0.2, -0.15) is 0 Å². The van der Waals surface area contributed by atoms with Crippen LogP contribution >= 0.6 is 0 Å². The van der Waals surface area contributed by atoms with Gasteiger partial charge in [0.15, 0.2) is 6.29 Å². The molecule has 0 bridgehead atoms. The van der Waals surface area contributed by atoms with Crippen molar-refractivity contribution in [2.45, 2.75) is 76.3 Å². The molecule has 31 heavy (non-hydrogen) atoms. The molecule has 0 saturated carbocycles. The number of fused-ring (bicyclic) bond motifs is 1. The Morgan fingerprint density at radius 3 is 2.29 bits per heavy atom. The van der Waals surface area contributed by atoms with E-state index in [1.807, 2.05) is 36.3 Å². The Bertz CT molecular complexity index is 787. The predicted molar refractivity (Wildman–Crippen MR) is 119 cm³/mol. The van der Waals surface area contributed by atoms with Crippen molar-refractivity contribution in [2.75, 3.05) is 13.7 Å². The maximum atomic E-state index is 6.36. The van der Waals surface area contributed by atoms with Gasteiger partial charge in [-0.3, -0.25) is 0 Å². The lowest BCUT2D eigenvalue weighted by Gasteiger charge is -2.38. The number of ether oxygens (including phenoxy) is 4. The standard InChI is InChI=1S/C24H33BO6/c1-23(2)24(3,4)31-25(30-23)15-14-19-8-6-7-9-20-21(28-19)16-27-22(29-20)17-10-12-18(26-5)13-11-17/h6-7,10-15,19-22H,8-9,16H2,1-5H3/b7-6-,15-14+/t19-,20+,21-,22-/m1/s1. The average molecular weight is 428 g/mol. The minimum atomic E-state index is -0.401. The van der Waals surface area contributed by atoms with Crippen LogP contribution < -0.4 is 4.74 Å². The van der Waals surface area contributed by atoms with Crippen molar-refractivity contribution in [3.63, 3.8) is 0 Å². The van der Waals surface area contributed by atoms with Gasteiger partial charge >= 0.3 is 7.12 Å². The first-order chi connectivity index (χ1) is 14.8. The zero-order valence-corrected chi connectivity index (χ0v) is 19.1. The highest BCUT2D eigenvalue weighted by Gasteiger charge is 2.50. The van der Waals surface area contributed by atoms with Crippen molar-refractivity contribution in [2.24, 2.45) is 0 Å². The van der Waals surface area contributed by atoms with Gasteiger partial charge in [0.25, 0.3) is 0 Å². The third-order valence-corrected chi connectivity index (χ3v) is 6.52. The molecule has 3 heterocycles. The van der Waals surface area contributed by atoms with E-state index < -0.39 is 6.29 Å². The quantitative estimate of drug-likeness (QED) is 0.524. The summed E-state index contributed by atoms with van der Waals surface area (Å²) in [6.07, 6.45) is 7.26. The van der Waals surface area contributed by atoms with E-state index in [2.05, 4.69) is 39.8 Å². The summed E-state index contributed by atoms with van der Waals surface area (Å²) in [6, 6.07) is 7.78. The van der Waals surface area contributed by atoms with Gasteiger partial charge < -0.3 is 28.3 Å². The van der Waals surface area contributed by atoms with E-state index >= 15 is 0 Å². The Hall–Kier alpha value is -1.64. The minimum absolute atomic E-state index is 0.0647. The number of rotatable bonds is 4. The lowest BCUT2D eigenvalue weighted by Crippen LogP contribution is -2.44. The van der Waals surface area contributed by atoms with E-state index in [4.69, 9.17) is 28.3 Å². The second-order valence-electron chi connectivity index (χ2n) is 9.28. The van der Waals surface area contributed by atoms with Crippen LogP contribution in [0.3, 0.4) is 0 Å². The van der Waals surface area contributed by atoms with Crippen LogP contribution in [0.2, 0.25) is 0 Å². The lowest BCUT2D eigenvalue weighted by molar-refractivity contribution is -0.269. The third-order valence-electron chi connectivity index (χ3n) is 6.52. The van der Waals surface area contributed by atoms with Crippen molar-refractivity contribution in [1.29, 1.82) is 0 Å². The highest BCUT2D eigenvalue weighted by molar-refractivity contribution is 6.51. The SMILES string of the molecule is COc1ccc([C@@H]2OC[C@H]3O[C@@H](/C=C/B4OC(C)(C)C(C)(C)O4)C/C=C\C[C@@H]3O2)cc1. The van der Waals surface area contributed by atoms with Crippen LogP contribution in [-0.2, 0) is 23.5 Å². The molecule has 2 saturated heterocycles. The Kier molecular flexibility index (Phi) is 6.61. The summed E-state index contributed by atoms with van der Waals surface area (Å²) in [4.78, 5) is 0. The molecule has 168 valence electrons. The first-order valence-corrected chi connectivity index (χ1v) is 11.0. The highest BCUT2D eigenvalue weighted by Crippen LogP contribution is 2.37. The van der Waals surface area contributed by atoms with E-state index in [1.54, 1.807) is 7.11 Å². The molecule has 0 aromatic heterocycles. The molecule has 3 aliphatic rings. The molecule has 0 N–H and O–H groups in total. The molecule has 1 aromatic carbocycles. The summed E-state index contributed by atoms with van der Waals surface area (Å²) in [5.41, 5.74) is 0.273. The van der Waals surface area contributed by atoms with Crippen LogP contribution in [0.15, 0.2) is 48.5 Å². The smallest absolute Gasteiger partial charge is 0.486 e. The van der Waals surface area contributed by atoms with Crippen molar-refractivity contribution in [3.05, 3.63) is 54.0 Å². The van der Waals surface area contributed by atoms with Crippen LogP contribution in [0, 0.1) is 0 Å². The second kappa shape index (κ2) is 9.08. The third kappa shape index (κ3) is 5.07. The fraction of sp³-hybridized carbons (Fsp3) is 0.583. The Balaban J connectivity index is 1.38. The molecular weight excluding hydrogens is 395 g/mol. The molecule has 6 nitrogen and oxygen atoms in total. The summed E-state index contributed by atoms with van der Waals surface area (Å²) in [5.74, 6) is 2.77. The van der Waals surface area contributed by atoms with Gasteiger partial charge in [-0.05, 0) is 52.7 Å². The van der Waals surface area contributed by atoms with Gasteiger partial charge in [0, 0.05) is 5.56 Å². The Morgan fingerprint density at radius 1 is 0.935 bits per heavy atom. The summed E-state index contributed by atoms with van der Waals surface area (Å²) >= 11 is 0. The molecule has 3 aliphatic heterocycles. The highest BCUT2D eigenvalue weighted by atomic mass is 16.7. The predicted octanol–water partition coefficient (Wildman–Crippen LogP) is 4.40. The summed E-state index contributed by atoms with van der Waals surface area (Å²) < 4.78 is 36.0. The number of hydrogen-bond acceptors (Lipinski definition) is 6. The van der Waals surface area contributed by atoms with Crippen LogP contribution in [0.4, 0.5) is 0 Å². The maximum absolute atomic E-state index is 6.36. The van der Waals surface area contributed by atoms with Crippen molar-refractivity contribution in [3.8, 4) is 5.75 Å². The van der Waals surface area contributed by atoms with Gasteiger partial charge in [-0.25, -0.2) is 0 Å². The monoisotopic (exact) mass is 428 g/mol. The van der Waals surface area contributed by atoms with Crippen LogP contribution in [0.25, 0.3) is 0 Å². The van der Waals surface area contributed by atoms with Gasteiger partial charge in [0.2, 0.25) is 0 Å². The molecule has 2 fully saturated rings. The van der Waals surface area contributed by atoms with Crippen LogP contribution in [0.5, 0.6) is 5.75 Å². The number of methoxy groups -OCH3 is 1. The zero-order chi connectivity index (χ0) is 22.1. The minimum Gasteiger partial charge on any atom is -0.497 e. The average Bonchev–Trinajstić information content (AvgIpc) is 2.94. The maximum Gasteiger partial charge on any atom is 0.486 e. The molecule has 4 rings (SSSR count). The Morgan fingerprint density at radius 2 is 1.61 bits per heavy atom. The molecule has 0 spiro atoms. The molecule has 4 atom stereocenters. The fourth-order valence-electron chi connectivity index (χ4n) is 3.89. The van der Waals surface area contributed by atoms with E-state index in [-0.39, 0.29) is 36.6 Å². The van der Waals surface area contributed by atoms with Gasteiger partial charge in [0.05, 0.1) is 37.1 Å². The normalized spacial score (nSPS) is 33.5. The van der Waals surface area contributed by atoms with Crippen molar-refractivity contribution >= 4 is 7.12 Å². The lowest BCUT2D eigenvalue weighted by atomic mass is 9.89. The van der Waals surface area contributed by atoms with Gasteiger partial charge in [0.1, 0.15) is 11.9 Å². The van der Waals surface area contributed by atoms with E-state index in [9.17, 15) is 0 Å². The molecular formula is C24H33BO6. The summed E-state index contributed by atoms with van der Waals surface area (Å²) in [6.45, 7) is 8.69. The van der Waals surface area contributed by atoms with E-state index in [1.165, 1.54) is 0 Å². The van der Waals surface area contributed by atoms with E-state index in [0.29, 0.717) is 6.61 Å². The largest absolute Gasteiger partial charge is 0.497 e. The molecule has 7 heteroatoms. The summed E-state index contributed by atoms with van der Waals surface area (Å²) in [5, 5.41) is 0. The molecule has 0 unspecified atom stereocenters. The second-order valence-corrected chi connectivity index (χ2v) is 9.28. The number of benzene rings is 1. The van der Waals surface area contributed by atoms with Gasteiger partial charge in [-0.15, -0.1) is 0 Å². The van der Waals surface area contributed by atoms with Crippen LogP contribution in [0.1, 0.15) is 52.4 Å². The molecule has 0 radical (unpaired) electrons. The zero-order valence-electron chi connectivity index (χ0n) is 19.1. The molecule has 0 aliphatic carbocycles. The first-order valence-electron chi connectivity index (χ1n) is 11.0. The molecule has 0 amide bonds.